The molecule has 0 aliphatic carbocycles. The van der Waals surface area contributed by atoms with E-state index in [0.717, 1.165) is 5.56 Å². The Labute approximate surface area is 155 Å². The Morgan fingerprint density at radius 1 is 1.15 bits per heavy atom. The summed E-state index contributed by atoms with van der Waals surface area (Å²) in [7, 11) is 1.34. The number of nitrogens with zero attached hydrogens (tertiary/aromatic N) is 3. The monoisotopic (exact) mass is 369 g/mol. The first-order valence-electron chi connectivity index (χ1n) is 7.78. The third-order valence-corrected chi connectivity index (χ3v) is 3.77. The Kier molecular flexibility index (Phi) is 5.60. The molecule has 0 spiro atoms. The van der Waals surface area contributed by atoms with Crippen LogP contribution in [-0.2, 0) is 11.3 Å². The highest BCUT2D eigenvalue weighted by Gasteiger charge is 2.12. The maximum Gasteiger partial charge on any atom is 0.339 e. The average Bonchev–Trinajstić information content (AvgIpc) is 2.68. The maximum absolute atomic E-state index is 11.8. The van der Waals surface area contributed by atoms with Crippen molar-refractivity contribution in [2.45, 2.75) is 6.54 Å². The Morgan fingerprint density at radius 3 is 2.69 bits per heavy atom. The number of anilines is 3. The molecule has 1 heterocycles. The molecule has 0 saturated carbocycles. The molecule has 0 radical (unpaired) electrons. The summed E-state index contributed by atoms with van der Waals surface area (Å²) in [6.07, 6.45) is 1.47. The van der Waals surface area contributed by atoms with Crippen molar-refractivity contribution in [2.24, 2.45) is 0 Å². The summed E-state index contributed by atoms with van der Waals surface area (Å²) in [4.78, 5) is 16.2. The van der Waals surface area contributed by atoms with Crippen molar-refractivity contribution in [3.05, 3.63) is 70.9 Å². The molecule has 2 aromatic carbocycles. The van der Waals surface area contributed by atoms with Crippen molar-refractivity contribution in [1.29, 1.82) is 0 Å². The molecule has 0 amide bonds. The zero-order valence-electron chi connectivity index (χ0n) is 13.9. The SMILES string of the molecule is COC(=O)c1ccccc1Nc1cnnc(NCc2ccc(Cl)cc2)n1. The standard InChI is InChI=1S/C18H16ClN5O2/c1-26-17(25)14-4-2-3-5-15(14)22-16-11-21-24-18(23-16)20-10-12-6-8-13(19)9-7-12/h2-9,11H,10H2,1H3,(H2,20,22,23,24). The summed E-state index contributed by atoms with van der Waals surface area (Å²) in [5.41, 5.74) is 2.01. The van der Waals surface area contributed by atoms with Gasteiger partial charge in [-0.2, -0.15) is 10.1 Å². The van der Waals surface area contributed by atoms with E-state index >= 15 is 0 Å². The van der Waals surface area contributed by atoms with Crippen LogP contribution >= 0.6 is 11.6 Å². The number of nitrogens with one attached hydrogen (secondary N) is 2. The second-order valence-electron chi connectivity index (χ2n) is 5.31. The molecular weight excluding hydrogens is 354 g/mol. The summed E-state index contributed by atoms with van der Waals surface area (Å²) in [6, 6.07) is 14.5. The molecule has 3 rings (SSSR count). The van der Waals surface area contributed by atoms with Crippen molar-refractivity contribution in [2.75, 3.05) is 17.7 Å². The summed E-state index contributed by atoms with van der Waals surface area (Å²) in [5.74, 6) is 0.381. The molecule has 0 atom stereocenters. The molecule has 8 heteroatoms. The normalized spacial score (nSPS) is 10.2. The average molecular weight is 370 g/mol. The van der Waals surface area contributed by atoms with E-state index in [1.165, 1.54) is 13.3 Å². The molecule has 0 aliphatic heterocycles. The molecule has 3 aromatic rings. The summed E-state index contributed by atoms with van der Waals surface area (Å²) in [6.45, 7) is 0.529. The van der Waals surface area contributed by atoms with Crippen molar-refractivity contribution < 1.29 is 9.53 Å². The Balaban J connectivity index is 1.72. The van der Waals surface area contributed by atoms with Crippen LogP contribution in [0, 0.1) is 0 Å². The molecule has 0 unspecified atom stereocenters. The van der Waals surface area contributed by atoms with Crippen LogP contribution in [0.4, 0.5) is 17.5 Å². The third kappa shape index (κ3) is 4.46. The topological polar surface area (TPSA) is 89.0 Å². The van der Waals surface area contributed by atoms with E-state index < -0.39 is 5.97 Å². The molecule has 0 bridgehead atoms. The fourth-order valence-corrected chi connectivity index (χ4v) is 2.37. The van der Waals surface area contributed by atoms with Crippen LogP contribution in [0.1, 0.15) is 15.9 Å². The van der Waals surface area contributed by atoms with E-state index in [1.54, 1.807) is 18.2 Å². The fraction of sp³-hybridized carbons (Fsp3) is 0.111. The fourth-order valence-electron chi connectivity index (χ4n) is 2.24. The van der Waals surface area contributed by atoms with Gasteiger partial charge in [-0.25, -0.2) is 4.79 Å². The molecule has 132 valence electrons. The Hall–Kier alpha value is -3.19. The predicted molar refractivity (Wildman–Crippen MR) is 99.7 cm³/mol. The van der Waals surface area contributed by atoms with Gasteiger partial charge in [-0.3, -0.25) is 0 Å². The lowest BCUT2D eigenvalue weighted by atomic mass is 10.2. The highest BCUT2D eigenvalue weighted by molar-refractivity contribution is 6.30. The van der Waals surface area contributed by atoms with E-state index in [4.69, 9.17) is 16.3 Å². The first-order valence-corrected chi connectivity index (χ1v) is 8.16. The molecular formula is C18H16ClN5O2. The van der Waals surface area contributed by atoms with E-state index in [-0.39, 0.29) is 0 Å². The van der Waals surface area contributed by atoms with Gasteiger partial charge in [0.1, 0.15) is 0 Å². The van der Waals surface area contributed by atoms with Crippen molar-refractivity contribution in [3.63, 3.8) is 0 Å². The largest absolute Gasteiger partial charge is 0.465 e. The molecule has 0 saturated heterocycles. The molecule has 2 N–H and O–H groups in total. The number of hydrogen-bond donors (Lipinski definition) is 2. The number of aromatic nitrogens is 3. The van der Waals surface area contributed by atoms with Crippen LogP contribution in [0.2, 0.25) is 5.02 Å². The van der Waals surface area contributed by atoms with Crippen molar-refractivity contribution in [1.82, 2.24) is 15.2 Å². The number of methoxy groups -OCH3 is 1. The van der Waals surface area contributed by atoms with Gasteiger partial charge in [0.05, 0.1) is 24.6 Å². The Morgan fingerprint density at radius 2 is 1.92 bits per heavy atom. The number of benzene rings is 2. The number of hydrogen-bond acceptors (Lipinski definition) is 7. The number of carbonyl (C=O) groups is 1. The minimum absolute atomic E-state index is 0.362. The van der Waals surface area contributed by atoms with Gasteiger partial charge >= 0.3 is 5.97 Å². The first-order chi connectivity index (χ1) is 12.7. The summed E-state index contributed by atoms with van der Waals surface area (Å²) >= 11 is 5.88. The highest BCUT2D eigenvalue weighted by Crippen LogP contribution is 2.20. The van der Waals surface area contributed by atoms with Crippen LogP contribution < -0.4 is 10.6 Å². The number of rotatable bonds is 6. The number of ether oxygens (including phenoxy) is 1. The smallest absolute Gasteiger partial charge is 0.339 e. The third-order valence-electron chi connectivity index (χ3n) is 3.52. The molecule has 1 aromatic heterocycles. The van der Waals surface area contributed by atoms with Crippen molar-refractivity contribution >= 4 is 35.0 Å². The van der Waals surface area contributed by atoms with Gasteiger partial charge in [-0.1, -0.05) is 35.9 Å². The van der Waals surface area contributed by atoms with E-state index in [2.05, 4.69) is 25.8 Å². The van der Waals surface area contributed by atoms with E-state index in [9.17, 15) is 4.79 Å². The van der Waals surface area contributed by atoms with Gasteiger partial charge in [-0.15, -0.1) is 5.10 Å². The summed E-state index contributed by atoms with van der Waals surface area (Å²) < 4.78 is 4.79. The lowest BCUT2D eigenvalue weighted by molar-refractivity contribution is 0.0602. The Bertz CT molecular complexity index is 902. The van der Waals surface area contributed by atoms with Crippen LogP contribution in [0.15, 0.2) is 54.7 Å². The zero-order valence-corrected chi connectivity index (χ0v) is 14.7. The molecule has 0 aliphatic rings. The van der Waals surface area contributed by atoms with Gasteiger partial charge in [0, 0.05) is 11.6 Å². The number of para-hydroxylation sites is 1. The minimum Gasteiger partial charge on any atom is -0.465 e. The summed E-state index contributed by atoms with van der Waals surface area (Å²) in [5, 5.41) is 14.7. The zero-order chi connectivity index (χ0) is 18.4. The van der Waals surface area contributed by atoms with E-state index in [0.29, 0.717) is 34.6 Å². The van der Waals surface area contributed by atoms with Crippen LogP contribution in [-0.4, -0.2) is 28.3 Å². The van der Waals surface area contributed by atoms with Crippen molar-refractivity contribution in [3.8, 4) is 0 Å². The maximum atomic E-state index is 11.8. The van der Waals surface area contributed by atoms with Gasteiger partial charge < -0.3 is 15.4 Å². The van der Waals surface area contributed by atoms with Gasteiger partial charge in [0.2, 0.25) is 5.95 Å². The van der Waals surface area contributed by atoms with Crippen LogP contribution in [0.25, 0.3) is 0 Å². The van der Waals surface area contributed by atoms with Gasteiger partial charge in [0.25, 0.3) is 0 Å². The highest BCUT2D eigenvalue weighted by atomic mass is 35.5. The molecule has 7 nitrogen and oxygen atoms in total. The number of carbonyl (C=O) groups excluding carboxylic acids is 1. The second kappa shape index (κ2) is 8.26. The van der Waals surface area contributed by atoms with Gasteiger partial charge in [0.15, 0.2) is 5.82 Å². The lowest BCUT2D eigenvalue weighted by Crippen LogP contribution is -2.08. The first kappa shape index (κ1) is 17.6. The quantitative estimate of drug-likeness (QED) is 0.641. The predicted octanol–water partition coefficient (Wildman–Crippen LogP) is 3.67. The number of esters is 1. The second-order valence-corrected chi connectivity index (χ2v) is 5.74. The van der Waals surface area contributed by atoms with Gasteiger partial charge in [-0.05, 0) is 29.8 Å². The van der Waals surface area contributed by atoms with Crippen LogP contribution in [0.3, 0.4) is 0 Å². The minimum atomic E-state index is -0.434. The van der Waals surface area contributed by atoms with E-state index in [1.807, 2.05) is 30.3 Å². The lowest BCUT2D eigenvalue weighted by Gasteiger charge is -2.10. The van der Waals surface area contributed by atoms with Crippen LogP contribution in [0.5, 0.6) is 0 Å². The molecule has 0 fully saturated rings. The molecule has 26 heavy (non-hydrogen) atoms. The number of halogens is 1.